The van der Waals surface area contributed by atoms with Crippen LogP contribution in [0.4, 0.5) is 5.13 Å². The minimum Gasteiger partial charge on any atom is -0.349 e. The van der Waals surface area contributed by atoms with E-state index in [0.29, 0.717) is 16.7 Å². The van der Waals surface area contributed by atoms with Gasteiger partial charge in [0.1, 0.15) is 10.3 Å². The molecule has 3 aromatic rings. The van der Waals surface area contributed by atoms with Gasteiger partial charge >= 0.3 is 0 Å². The number of carbonyl (C=O) groups excluding carboxylic acids is 2. The summed E-state index contributed by atoms with van der Waals surface area (Å²) in [6.45, 7) is 1.45. The van der Waals surface area contributed by atoms with Gasteiger partial charge in [-0.2, -0.15) is 0 Å². The van der Waals surface area contributed by atoms with Crippen LogP contribution in [0.2, 0.25) is 0 Å². The Kier molecular flexibility index (Phi) is 3.93. The Labute approximate surface area is 148 Å². The van der Waals surface area contributed by atoms with E-state index in [1.54, 1.807) is 0 Å². The van der Waals surface area contributed by atoms with Crippen molar-refractivity contribution in [2.45, 2.75) is 25.8 Å². The second-order valence-corrected chi connectivity index (χ2v) is 7.02. The van der Waals surface area contributed by atoms with Crippen LogP contribution in [0.5, 0.6) is 0 Å². The van der Waals surface area contributed by atoms with Crippen LogP contribution in [-0.4, -0.2) is 27.8 Å². The second kappa shape index (κ2) is 6.25. The molecule has 0 spiro atoms. The third-order valence-corrected chi connectivity index (χ3v) is 4.77. The SMILES string of the molecule is CC(=O)Nc1nc2ccc(-c3ccc(C(=O)NC4CC4)cc3)nc2s1. The van der Waals surface area contributed by atoms with Crippen molar-refractivity contribution in [1.82, 2.24) is 15.3 Å². The number of fused-ring (bicyclic) bond motifs is 1. The molecule has 1 saturated carbocycles. The third-order valence-electron chi connectivity index (χ3n) is 3.89. The summed E-state index contributed by atoms with van der Waals surface area (Å²) >= 11 is 1.34. The average Bonchev–Trinajstić information content (AvgIpc) is 3.31. The number of anilines is 1. The molecule has 6 nitrogen and oxygen atoms in total. The van der Waals surface area contributed by atoms with Gasteiger partial charge in [0, 0.05) is 24.1 Å². The Morgan fingerprint density at radius 2 is 1.84 bits per heavy atom. The van der Waals surface area contributed by atoms with E-state index >= 15 is 0 Å². The van der Waals surface area contributed by atoms with Gasteiger partial charge in [0.15, 0.2) is 5.13 Å². The summed E-state index contributed by atoms with van der Waals surface area (Å²) in [4.78, 5) is 32.9. The fourth-order valence-electron chi connectivity index (χ4n) is 2.47. The lowest BCUT2D eigenvalue weighted by atomic mass is 10.1. The Hall–Kier alpha value is -2.80. The van der Waals surface area contributed by atoms with Crippen LogP contribution < -0.4 is 10.6 Å². The molecule has 0 unspecified atom stereocenters. The summed E-state index contributed by atoms with van der Waals surface area (Å²) in [5.74, 6) is -0.181. The van der Waals surface area contributed by atoms with E-state index in [2.05, 4.69) is 20.6 Å². The van der Waals surface area contributed by atoms with Crippen molar-refractivity contribution in [2.24, 2.45) is 0 Å². The smallest absolute Gasteiger partial charge is 0.251 e. The minimum atomic E-state index is -0.153. The molecule has 2 N–H and O–H groups in total. The molecule has 25 heavy (non-hydrogen) atoms. The lowest BCUT2D eigenvalue weighted by Gasteiger charge is -2.05. The standard InChI is InChI=1S/C18H16N4O2S/c1-10(23)19-18-22-15-9-8-14(21-17(15)25-18)11-2-4-12(5-3-11)16(24)20-13-6-7-13/h2-5,8-9,13H,6-7H2,1H3,(H,20,24)(H,19,22,23). The number of benzene rings is 1. The number of aromatic nitrogens is 2. The monoisotopic (exact) mass is 352 g/mol. The van der Waals surface area contributed by atoms with Crippen LogP contribution in [0.15, 0.2) is 36.4 Å². The normalized spacial score (nSPS) is 13.6. The van der Waals surface area contributed by atoms with Crippen LogP contribution in [-0.2, 0) is 4.79 Å². The summed E-state index contributed by atoms with van der Waals surface area (Å²) in [7, 11) is 0. The van der Waals surface area contributed by atoms with E-state index in [1.165, 1.54) is 18.3 Å². The highest BCUT2D eigenvalue weighted by Crippen LogP contribution is 2.28. The summed E-state index contributed by atoms with van der Waals surface area (Å²) in [5, 5.41) is 6.20. The van der Waals surface area contributed by atoms with Gasteiger partial charge in [0.2, 0.25) is 5.91 Å². The summed E-state index contributed by atoms with van der Waals surface area (Å²) in [6.07, 6.45) is 2.15. The van der Waals surface area contributed by atoms with Crippen molar-refractivity contribution in [1.29, 1.82) is 0 Å². The average molecular weight is 352 g/mol. The van der Waals surface area contributed by atoms with Crippen LogP contribution >= 0.6 is 11.3 Å². The maximum atomic E-state index is 12.0. The number of nitrogens with one attached hydrogen (secondary N) is 2. The highest BCUT2D eigenvalue weighted by molar-refractivity contribution is 7.21. The van der Waals surface area contributed by atoms with Gasteiger partial charge in [-0.1, -0.05) is 23.5 Å². The van der Waals surface area contributed by atoms with Gasteiger partial charge in [-0.25, -0.2) is 9.97 Å². The summed E-state index contributed by atoms with van der Waals surface area (Å²) in [6, 6.07) is 11.5. The molecular formula is C18H16N4O2S. The van der Waals surface area contributed by atoms with Gasteiger partial charge in [-0.05, 0) is 37.1 Å². The molecule has 1 aliphatic carbocycles. The van der Waals surface area contributed by atoms with E-state index in [0.717, 1.165) is 34.4 Å². The quantitative estimate of drug-likeness (QED) is 0.755. The van der Waals surface area contributed by atoms with Crippen molar-refractivity contribution in [3.05, 3.63) is 42.0 Å². The first-order chi connectivity index (χ1) is 12.1. The highest BCUT2D eigenvalue weighted by Gasteiger charge is 2.23. The van der Waals surface area contributed by atoms with E-state index in [4.69, 9.17) is 0 Å². The van der Waals surface area contributed by atoms with Gasteiger partial charge in [0.25, 0.3) is 5.91 Å². The van der Waals surface area contributed by atoms with Gasteiger partial charge in [-0.15, -0.1) is 0 Å². The first kappa shape index (κ1) is 15.7. The topological polar surface area (TPSA) is 84.0 Å². The number of hydrogen-bond donors (Lipinski definition) is 2. The molecule has 126 valence electrons. The molecule has 2 heterocycles. The molecule has 0 saturated heterocycles. The zero-order valence-electron chi connectivity index (χ0n) is 13.6. The molecule has 0 atom stereocenters. The van der Waals surface area contributed by atoms with Gasteiger partial charge in [-0.3, -0.25) is 9.59 Å². The zero-order chi connectivity index (χ0) is 17.4. The Bertz CT molecular complexity index is 961. The molecule has 0 bridgehead atoms. The molecule has 1 aromatic carbocycles. The first-order valence-electron chi connectivity index (χ1n) is 8.05. The van der Waals surface area contributed by atoms with E-state index < -0.39 is 0 Å². The number of pyridine rings is 1. The fraction of sp³-hybridized carbons (Fsp3) is 0.222. The second-order valence-electron chi connectivity index (χ2n) is 6.05. The minimum absolute atomic E-state index is 0.0279. The number of carbonyl (C=O) groups is 2. The number of nitrogens with zero attached hydrogens (tertiary/aromatic N) is 2. The van der Waals surface area contributed by atoms with Gasteiger partial charge in [0.05, 0.1) is 5.69 Å². The predicted octanol–water partition coefficient (Wildman–Crippen LogP) is 3.21. The predicted molar refractivity (Wildman–Crippen MR) is 97.6 cm³/mol. The molecule has 4 rings (SSSR count). The largest absolute Gasteiger partial charge is 0.349 e. The fourth-order valence-corrected chi connectivity index (χ4v) is 3.35. The van der Waals surface area contributed by atoms with Gasteiger partial charge < -0.3 is 10.6 Å². The maximum absolute atomic E-state index is 12.0. The van der Waals surface area contributed by atoms with Crippen LogP contribution in [0.25, 0.3) is 21.6 Å². The molecule has 1 fully saturated rings. The lowest BCUT2D eigenvalue weighted by molar-refractivity contribution is -0.114. The molecule has 1 aliphatic rings. The van der Waals surface area contributed by atoms with Crippen molar-refractivity contribution < 1.29 is 9.59 Å². The number of amides is 2. The third kappa shape index (κ3) is 3.51. The summed E-state index contributed by atoms with van der Waals surface area (Å²) in [5.41, 5.74) is 3.14. The Morgan fingerprint density at radius 3 is 2.52 bits per heavy atom. The van der Waals surface area contributed by atoms with Crippen molar-refractivity contribution >= 4 is 38.6 Å². The van der Waals surface area contributed by atoms with Crippen LogP contribution in [0.3, 0.4) is 0 Å². The Balaban J connectivity index is 1.57. The number of hydrogen-bond acceptors (Lipinski definition) is 5. The zero-order valence-corrected chi connectivity index (χ0v) is 14.4. The van der Waals surface area contributed by atoms with E-state index in [-0.39, 0.29) is 11.8 Å². The Morgan fingerprint density at radius 1 is 1.08 bits per heavy atom. The highest BCUT2D eigenvalue weighted by atomic mass is 32.1. The lowest BCUT2D eigenvalue weighted by Crippen LogP contribution is -2.25. The maximum Gasteiger partial charge on any atom is 0.251 e. The molecule has 7 heteroatoms. The molecule has 0 radical (unpaired) electrons. The van der Waals surface area contributed by atoms with Crippen molar-refractivity contribution in [2.75, 3.05) is 5.32 Å². The van der Waals surface area contributed by atoms with Crippen molar-refractivity contribution in [3.8, 4) is 11.3 Å². The first-order valence-corrected chi connectivity index (χ1v) is 8.86. The molecule has 0 aliphatic heterocycles. The molecular weight excluding hydrogens is 336 g/mol. The summed E-state index contributed by atoms with van der Waals surface area (Å²) < 4.78 is 0. The molecule has 2 amide bonds. The van der Waals surface area contributed by atoms with E-state index in [9.17, 15) is 9.59 Å². The van der Waals surface area contributed by atoms with Crippen LogP contribution in [0, 0.1) is 0 Å². The van der Waals surface area contributed by atoms with Crippen LogP contribution in [0.1, 0.15) is 30.1 Å². The van der Waals surface area contributed by atoms with E-state index in [1.807, 2.05) is 36.4 Å². The molecule has 2 aromatic heterocycles. The van der Waals surface area contributed by atoms with Crippen molar-refractivity contribution in [3.63, 3.8) is 0 Å². The number of rotatable bonds is 4. The number of thiazole rings is 1.